The first-order valence-corrected chi connectivity index (χ1v) is 6.95. The molecule has 2 heterocycles. The minimum atomic E-state index is -0.203. The van der Waals surface area contributed by atoms with Crippen LogP contribution in [0.2, 0.25) is 0 Å². The van der Waals surface area contributed by atoms with Crippen LogP contribution in [0.3, 0.4) is 0 Å². The fraction of sp³-hybridized carbons (Fsp3) is 0.308. The number of nitrogens with zero attached hydrogens (tertiary/aromatic N) is 2. The third-order valence-electron chi connectivity index (χ3n) is 2.77. The summed E-state index contributed by atoms with van der Waals surface area (Å²) in [6, 6.07) is 2.09. The summed E-state index contributed by atoms with van der Waals surface area (Å²) in [5.41, 5.74) is 1.61. The lowest BCUT2D eigenvalue weighted by atomic mass is 10.2. The maximum Gasteiger partial charge on any atom is 0.271 e. The van der Waals surface area contributed by atoms with Crippen molar-refractivity contribution in [3.63, 3.8) is 0 Å². The van der Waals surface area contributed by atoms with Crippen LogP contribution in [0.5, 0.6) is 0 Å². The summed E-state index contributed by atoms with van der Waals surface area (Å²) in [7, 11) is 1.76. The smallest absolute Gasteiger partial charge is 0.271 e. The third kappa shape index (κ3) is 3.29. The zero-order valence-corrected chi connectivity index (χ0v) is 11.8. The second-order valence-electron chi connectivity index (χ2n) is 3.94. The van der Waals surface area contributed by atoms with Gasteiger partial charge >= 0.3 is 0 Å². The lowest BCUT2D eigenvalue weighted by molar-refractivity contribution is 0.0946. The molecule has 0 aliphatic carbocycles. The van der Waals surface area contributed by atoms with Crippen LogP contribution in [-0.2, 0) is 13.0 Å². The average molecular weight is 276 g/mol. The van der Waals surface area contributed by atoms with Gasteiger partial charge in [0.05, 0.1) is 18.9 Å². The molecule has 0 spiro atoms. The molecule has 2 rings (SSSR count). The van der Waals surface area contributed by atoms with Gasteiger partial charge in [-0.2, -0.15) is 0 Å². The van der Waals surface area contributed by atoms with Crippen LogP contribution in [0.1, 0.15) is 27.9 Å². The Labute approximate surface area is 116 Å². The molecular formula is C13H16N4OS. The van der Waals surface area contributed by atoms with E-state index in [0.29, 0.717) is 18.1 Å². The summed E-state index contributed by atoms with van der Waals surface area (Å²) in [5.74, 6) is 0.439. The Bertz CT molecular complexity index is 550. The van der Waals surface area contributed by atoms with Crippen LogP contribution in [0, 0.1) is 0 Å². The van der Waals surface area contributed by atoms with Gasteiger partial charge in [0, 0.05) is 11.9 Å². The molecule has 0 unspecified atom stereocenters. The Kier molecular flexibility index (Phi) is 4.46. The van der Waals surface area contributed by atoms with E-state index < -0.39 is 0 Å². The molecule has 0 fully saturated rings. The molecule has 6 heteroatoms. The second kappa shape index (κ2) is 6.29. The van der Waals surface area contributed by atoms with Gasteiger partial charge in [-0.25, -0.2) is 9.97 Å². The van der Waals surface area contributed by atoms with Gasteiger partial charge in [0.25, 0.3) is 5.91 Å². The maximum absolute atomic E-state index is 11.9. The number of anilines is 1. The molecule has 0 aromatic carbocycles. The van der Waals surface area contributed by atoms with Crippen molar-refractivity contribution in [3.05, 3.63) is 40.0 Å². The number of aromatic nitrogens is 2. The van der Waals surface area contributed by atoms with Gasteiger partial charge in [-0.15, -0.1) is 11.3 Å². The third-order valence-corrected chi connectivity index (χ3v) is 3.73. The molecule has 0 saturated heterocycles. The highest BCUT2D eigenvalue weighted by atomic mass is 32.1. The normalized spacial score (nSPS) is 10.2. The van der Waals surface area contributed by atoms with E-state index >= 15 is 0 Å². The van der Waals surface area contributed by atoms with E-state index in [1.54, 1.807) is 18.4 Å². The Morgan fingerprint density at radius 2 is 2.21 bits per heavy atom. The number of hydrogen-bond acceptors (Lipinski definition) is 5. The molecule has 1 amide bonds. The Morgan fingerprint density at radius 3 is 2.84 bits per heavy atom. The highest BCUT2D eigenvalue weighted by Gasteiger charge is 2.09. The standard InChI is InChI=1S/C13H16N4OS/c1-3-9-4-5-19-11(9)7-17-13(18)10-6-16-12(14-2)8-15-10/h4-6,8H,3,7H2,1-2H3,(H,14,16)(H,17,18). The molecule has 2 aromatic rings. The van der Waals surface area contributed by atoms with Crippen LogP contribution in [0.15, 0.2) is 23.8 Å². The summed E-state index contributed by atoms with van der Waals surface area (Å²) < 4.78 is 0. The van der Waals surface area contributed by atoms with Crippen molar-refractivity contribution in [2.45, 2.75) is 19.9 Å². The number of nitrogens with one attached hydrogen (secondary N) is 2. The van der Waals surface area contributed by atoms with Gasteiger partial charge in [-0.1, -0.05) is 6.92 Å². The lowest BCUT2D eigenvalue weighted by Crippen LogP contribution is -2.24. The quantitative estimate of drug-likeness (QED) is 0.877. The van der Waals surface area contributed by atoms with Crippen molar-refractivity contribution in [1.29, 1.82) is 0 Å². The summed E-state index contributed by atoms with van der Waals surface area (Å²) >= 11 is 1.66. The Balaban J connectivity index is 1.97. The fourth-order valence-electron chi connectivity index (χ4n) is 1.66. The SMILES string of the molecule is CCc1ccsc1CNC(=O)c1cnc(NC)cn1. The lowest BCUT2D eigenvalue weighted by Gasteiger charge is -2.05. The molecule has 2 aromatic heterocycles. The van der Waals surface area contributed by atoms with Crippen LogP contribution in [-0.4, -0.2) is 22.9 Å². The van der Waals surface area contributed by atoms with E-state index in [4.69, 9.17) is 0 Å². The fourth-order valence-corrected chi connectivity index (χ4v) is 2.58. The van der Waals surface area contributed by atoms with E-state index in [1.165, 1.54) is 22.8 Å². The van der Waals surface area contributed by atoms with Crippen LogP contribution < -0.4 is 10.6 Å². The summed E-state index contributed by atoms with van der Waals surface area (Å²) in [4.78, 5) is 21.2. The van der Waals surface area contributed by atoms with E-state index in [2.05, 4.69) is 33.6 Å². The topological polar surface area (TPSA) is 66.9 Å². The van der Waals surface area contributed by atoms with Crippen molar-refractivity contribution in [1.82, 2.24) is 15.3 Å². The van der Waals surface area contributed by atoms with Crippen molar-refractivity contribution in [2.75, 3.05) is 12.4 Å². The predicted molar refractivity (Wildman–Crippen MR) is 76.4 cm³/mol. The minimum Gasteiger partial charge on any atom is -0.372 e. The van der Waals surface area contributed by atoms with Crippen molar-refractivity contribution < 1.29 is 4.79 Å². The Hall–Kier alpha value is -1.95. The van der Waals surface area contributed by atoms with Crippen molar-refractivity contribution in [3.8, 4) is 0 Å². The van der Waals surface area contributed by atoms with Gasteiger partial charge in [-0.05, 0) is 23.4 Å². The van der Waals surface area contributed by atoms with Gasteiger partial charge in [0.1, 0.15) is 11.5 Å². The number of carbonyl (C=O) groups excluding carboxylic acids is 1. The molecule has 2 N–H and O–H groups in total. The van der Waals surface area contributed by atoms with Crippen LogP contribution in [0.4, 0.5) is 5.82 Å². The van der Waals surface area contributed by atoms with E-state index in [9.17, 15) is 4.79 Å². The van der Waals surface area contributed by atoms with Crippen molar-refractivity contribution in [2.24, 2.45) is 0 Å². The van der Waals surface area contributed by atoms with E-state index in [1.807, 2.05) is 5.38 Å². The largest absolute Gasteiger partial charge is 0.372 e. The van der Waals surface area contributed by atoms with Crippen molar-refractivity contribution >= 4 is 23.1 Å². The number of thiophene rings is 1. The molecular weight excluding hydrogens is 260 g/mol. The van der Waals surface area contributed by atoms with Gasteiger partial charge < -0.3 is 10.6 Å². The summed E-state index contributed by atoms with van der Waals surface area (Å²) in [5, 5.41) is 7.76. The first-order chi connectivity index (χ1) is 9.24. The first-order valence-electron chi connectivity index (χ1n) is 6.07. The second-order valence-corrected chi connectivity index (χ2v) is 4.94. The van der Waals surface area contributed by atoms with E-state index in [-0.39, 0.29) is 5.91 Å². The predicted octanol–water partition coefficient (Wildman–Crippen LogP) is 2.07. The number of amides is 1. The molecule has 0 aliphatic rings. The van der Waals surface area contributed by atoms with Crippen LogP contribution >= 0.6 is 11.3 Å². The number of aryl methyl sites for hydroxylation is 1. The molecule has 19 heavy (non-hydrogen) atoms. The average Bonchev–Trinajstić information content (AvgIpc) is 2.92. The van der Waals surface area contributed by atoms with Gasteiger partial charge in [0.15, 0.2) is 0 Å². The zero-order chi connectivity index (χ0) is 13.7. The molecule has 5 nitrogen and oxygen atoms in total. The maximum atomic E-state index is 11.9. The number of hydrogen-bond donors (Lipinski definition) is 2. The molecule has 0 aliphatic heterocycles. The number of carbonyl (C=O) groups is 1. The van der Waals surface area contributed by atoms with Gasteiger partial charge in [0.2, 0.25) is 0 Å². The molecule has 0 radical (unpaired) electrons. The van der Waals surface area contributed by atoms with Gasteiger partial charge in [-0.3, -0.25) is 4.79 Å². The summed E-state index contributed by atoms with van der Waals surface area (Å²) in [6.07, 6.45) is 3.99. The molecule has 0 atom stereocenters. The first kappa shape index (κ1) is 13.5. The van der Waals surface area contributed by atoms with E-state index in [0.717, 1.165) is 6.42 Å². The molecule has 0 bridgehead atoms. The Morgan fingerprint density at radius 1 is 1.37 bits per heavy atom. The molecule has 100 valence electrons. The number of rotatable bonds is 5. The highest BCUT2D eigenvalue weighted by molar-refractivity contribution is 7.10. The highest BCUT2D eigenvalue weighted by Crippen LogP contribution is 2.17. The monoisotopic (exact) mass is 276 g/mol. The summed E-state index contributed by atoms with van der Waals surface area (Å²) in [6.45, 7) is 2.64. The molecule has 0 saturated carbocycles. The zero-order valence-electron chi connectivity index (χ0n) is 10.9. The van der Waals surface area contributed by atoms with Crippen LogP contribution in [0.25, 0.3) is 0 Å². The minimum absolute atomic E-state index is 0.203.